The number of nitrogens with one attached hydrogen (secondary N) is 4. The normalized spacial score (nSPS) is 24.4. The van der Waals surface area contributed by atoms with Gasteiger partial charge < -0.3 is 31.7 Å². The van der Waals surface area contributed by atoms with Crippen LogP contribution < -0.4 is 27.0 Å². The lowest BCUT2D eigenvalue weighted by atomic mass is 9.71. The van der Waals surface area contributed by atoms with Crippen LogP contribution in [0.2, 0.25) is 0 Å². The van der Waals surface area contributed by atoms with E-state index in [9.17, 15) is 33.6 Å². The number of Topliss-reactive ketones (excluding diaryl/α,β-unsaturated/α-hetero) is 2. The van der Waals surface area contributed by atoms with Crippen LogP contribution >= 0.6 is 0 Å². The molecule has 3 aliphatic carbocycles. The second kappa shape index (κ2) is 20.1. The van der Waals surface area contributed by atoms with Gasteiger partial charge in [0.1, 0.15) is 6.04 Å². The predicted molar refractivity (Wildman–Crippen MR) is 192 cm³/mol. The number of primary amides is 1. The van der Waals surface area contributed by atoms with E-state index in [1.807, 2.05) is 40.7 Å². The largest absolute Gasteiger partial charge is 0.449 e. The minimum Gasteiger partial charge on any atom is -0.449 e. The highest BCUT2D eigenvalue weighted by molar-refractivity contribution is 6.38. The van der Waals surface area contributed by atoms with Crippen molar-refractivity contribution in [3.63, 3.8) is 0 Å². The van der Waals surface area contributed by atoms with E-state index in [-0.39, 0.29) is 43.0 Å². The Morgan fingerprint density at radius 1 is 0.824 bits per heavy atom. The molecule has 0 spiro atoms. The number of allylic oxidation sites excluding steroid dienone is 4. The summed E-state index contributed by atoms with van der Waals surface area (Å²) in [5.74, 6) is -3.77. The Bertz CT molecular complexity index is 1330. The highest BCUT2D eigenvalue weighted by Gasteiger charge is 2.38. The average molecular weight is 714 g/mol. The number of ketones is 2. The maximum atomic E-state index is 13.5. The zero-order valence-corrected chi connectivity index (χ0v) is 30.9. The molecule has 2 fully saturated rings. The van der Waals surface area contributed by atoms with E-state index in [4.69, 9.17) is 10.5 Å². The van der Waals surface area contributed by atoms with Gasteiger partial charge in [-0.15, -0.1) is 0 Å². The molecule has 2 saturated carbocycles. The Balaban J connectivity index is 1.51. The molecule has 3 aliphatic rings. The summed E-state index contributed by atoms with van der Waals surface area (Å²) in [5, 5.41) is 10.3. The summed E-state index contributed by atoms with van der Waals surface area (Å²) in [5.41, 5.74) is 5.61. The van der Waals surface area contributed by atoms with Gasteiger partial charge in [0.25, 0.3) is 5.91 Å². The average Bonchev–Trinajstić information content (AvgIpc) is 3.10. The molecule has 0 bridgehead atoms. The second-order valence-corrected chi connectivity index (χ2v) is 15.3. The van der Waals surface area contributed by atoms with E-state index in [0.29, 0.717) is 43.9 Å². The molecular weight excluding hydrogens is 654 g/mol. The molecule has 8 atom stereocenters. The maximum Gasteiger partial charge on any atom is 0.407 e. The van der Waals surface area contributed by atoms with E-state index in [2.05, 4.69) is 39.5 Å². The van der Waals surface area contributed by atoms with Crippen LogP contribution in [0.5, 0.6) is 0 Å². The SMILES string of the molecule is CCCC(NC(=O)[C@@H]1CCCC(C(=O)C(NC(=O)OCC(C)C)C(C)C)C1)C(=O)C(=O)NCC(=O)NC(CC1CCC2C=CC=CC2C1)C(N)=O. The Hall–Kier alpha value is -4.03. The molecule has 0 aliphatic heterocycles. The molecule has 6 N–H and O–H groups in total. The number of carbonyl (C=O) groups excluding carboxylic acids is 7. The number of fused-ring (bicyclic) bond motifs is 1. The van der Waals surface area contributed by atoms with Gasteiger partial charge in [-0.05, 0) is 81.0 Å². The predicted octanol–water partition coefficient (Wildman–Crippen LogP) is 3.26. The molecule has 3 rings (SSSR count). The van der Waals surface area contributed by atoms with Crippen molar-refractivity contribution in [3.05, 3.63) is 24.3 Å². The number of hydrogen-bond donors (Lipinski definition) is 5. The number of amides is 5. The summed E-state index contributed by atoms with van der Waals surface area (Å²) in [7, 11) is 0. The van der Waals surface area contributed by atoms with E-state index in [1.165, 1.54) is 0 Å². The molecular formula is C38H59N5O8. The number of nitrogens with two attached hydrogens (primary N) is 1. The first-order valence-corrected chi connectivity index (χ1v) is 18.7. The molecule has 0 aromatic carbocycles. The molecule has 284 valence electrons. The molecule has 0 aromatic heterocycles. The van der Waals surface area contributed by atoms with Crippen LogP contribution in [0.3, 0.4) is 0 Å². The van der Waals surface area contributed by atoms with Gasteiger partial charge >= 0.3 is 6.09 Å². The van der Waals surface area contributed by atoms with E-state index < -0.39 is 72.0 Å². The smallest absolute Gasteiger partial charge is 0.407 e. The number of carbonyl (C=O) groups is 7. The lowest BCUT2D eigenvalue weighted by molar-refractivity contribution is -0.141. The number of alkyl carbamates (subject to hydrolysis) is 1. The molecule has 13 heteroatoms. The molecule has 0 radical (unpaired) electrons. The van der Waals surface area contributed by atoms with Crippen LogP contribution in [0.15, 0.2) is 24.3 Å². The van der Waals surface area contributed by atoms with Crippen molar-refractivity contribution >= 4 is 41.3 Å². The fourth-order valence-electron chi connectivity index (χ4n) is 7.40. The molecule has 0 heterocycles. The summed E-state index contributed by atoms with van der Waals surface area (Å²) in [6.45, 7) is 9.01. The Morgan fingerprint density at radius 2 is 1.51 bits per heavy atom. The van der Waals surface area contributed by atoms with Crippen LogP contribution in [-0.2, 0) is 33.5 Å². The van der Waals surface area contributed by atoms with Crippen LogP contribution in [0.4, 0.5) is 4.79 Å². The summed E-state index contributed by atoms with van der Waals surface area (Å²) < 4.78 is 5.21. The highest BCUT2D eigenvalue weighted by Crippen LogP contribution is 2.39. The molecule has 51 heavy (non-hydrogen) atoms. The van der Waals surface area contributed by atoms with Gasteiger partial charge in [-0.1, -0.05) is 71.8 Å². The summed E-state index contributed by atoms with van der Waals surface area (Å²) in [6.07, 6.45) is 13.7. The molecule has 0 aromatic rings. The fraction of sp³-hybridized carbons (Fsp3) is 0.711. The molecule has 7 unspecified atom stereocenters. The van der Waals surface area contributed by atoms with Crippen molar-refractivity contribution in [2.24, 2.45) is 47.2 Å². The van der Waals surface area contributed by atoms with E-state index in [0.717, 1.165) is 19.3 Å². The van der Waals surface area contributed by atoms with Crippen molar-refractivity contribution < 1.29 is 38.3 Å². The van der Waals surface area contributed by atoms with Gasteiger partial charge in [0.15, 0.2) is 5.78 Å². The van der Waals surface area contributed by atoms with Gasteiger partial charge in [0.2, 0.25) is 23.5 Å². The monoisotopic (exact) mass is 713 g/mol. The van der Waals surface area contributed by atoms with E-state index >= 15 is 0 Å². The minimum atomic E-state index is -1.11. The first-order chi connectivity index (χ1) is 24.2. The minimum absolute atomic E-state index is 0.147. The van der Waals surface area contributed by atoms with Gasteiger partial charge in [-0.3, -0.25) is 28.8 Å². The van der Waals surface area contributed by atoms with Crippen LogP contribution in [0.25, 0.3) is 0 Å². The second-order valence-electron chi connectivity index (χ2n) is 15.3. The zero-order chi connectivity index (χ0) is 37.7. The summed E-state index contributed by atoms with van der Waals surface area (Å²) in [6, 6.07) is -2.78. The van der Waals surface area contributed by atoms with Crippen molar-refractivity contribution in [1.29, 1.82) is 0 Å². The zero-order valence-electron chi connectivity index (χ0n) is 30.9. The maximum absolute atomic E-state index is 13.5. The lowest BCUT2D eigenvalue weighted by Crippen LogP contribution is -2.52. The lowest BCUT2D eigenvalue weighted by Gasteiger charge is -2.35. The van der Waals surface area contributed by atoms with Crippen molar-refractivity contribution in [2.75, 3.05) is 13.2 Å². The van der Waals surface area contributed by atoms with Gasteiger partial charge in [0, 0.05) is 11.8 Å². The third-order valence-electron chi connectivity index (χ3n) is 10.2. The Morgan fingerprint density at radius 3 is 2.16 bits per heavy atom. The number of ether oxygens (including phenoxy) is 1. The third kappa shape index (κ3) is 12.9. The van der Waals surface area contributed by atoms with Crippen LogP contribution in [-0.4, -0.2) is 72.6 Å². The molecule has 5 amide bonds. The molecule has 0 saturated heterocycles. The van der Waals surface area contributed by atoms with Crippen LogP contribution in [0.1, 0.15) is 98.8 Å². The summed E-state index contributed by atoms with van der Waals surface area (Å²) >= 11 is 0. The van der Waals surface area contributed by atoms with E-state index in [1.54, 1.807) is 0 Å². The Labute approximate surface area is 302 Å². The highest BCUT2D eigenvalue weighted by atomic mass is 16.5. The standard InChI is InChI=1S/C38H59N5O8/c1-6-10-29(42-36(48)28-14-9-13-27(19-28)33(45)32(23(4)5)43-38(50)51-21-22(2)3)34(46)37(49)40-20-31(44)41-30(35(39)47)18-24-15-16-25-11-7-8-12-26(25)17-24/h7-8,11-12,22-30,32H,6,9-10,13-21H2,1-5H3,(H2,39,47)(H,40,49)(H,41,44)(H,42,48)(H,43,50)/t24?,25?,26?,27?,28-,29?,30?,32?/m1/s1. The van der Waals surface area contributed by atoms with Crippen molar-refractivity contribution in [2.45, 2.75) is 117 Å². The summed E-state index contributed by atoms with van der Waals surface area (Å²) in [4.78, 5) is 90.2. The number of hydrogen-bond acceptors (Lipinski definition) is 8. The van der Waals surface area contributed by atoms with Crippen molar-refractivity contribution in [3.8, 4) is 0 Å². The third-order valence-corrected chi connectivity index (χ3v) is 10.2. The topological polar surface area (TPSA) is 203 Å². The van der Waals surface area contributed by atoms with Gasteiger partial charge in [0.05, 0.1) is 25.2 Å². The van der Waals surface area contributed by atoms with Gasteiger partial charge in [-0.2, -0.15) is 0 Å². The number of rotatable bonds is 18. The fourth-order valence-corrected chi connectivity index (χ4v) is 7.40. The van der Waals surface area contributed by atoms with Crippen molar-refractivity contribution in [1.82, 2.24) is 21.3 Å². The first-order valence-electron chi connectivity index (χ1n) is 18.7. The van der Waals surface area contributed by atoms with Crippen LogP contribution in [0, 0.1) is 41.4 Å². The Kier molecular flexibility index (Phi) is 16.3. The van der Waals surface area contributed by atoms with Gasteiger partial charge in [-0.25, -0.2) is 4.79 Å². The quantitative estimate of drug-likeness (QED) is 0.133. The molecule has 13 nitrogen and oxygen atoms in total. The first kappa shape index (κ1) is 41.4.